The van der Waals surface area contributed by atoms with Crippen LogP contribution in [0.25, 0.3) is 0 Å². The molecule has 0 atom stereocenters. The Bertz CT molecular complexity index is 479. The molecule has 0 fully saturated rings. The Morgan fingerprint density at radius 1 is 1.28 bits per heavy atom. The van der Waals surface area contributed by atoms with Crippen LogP contribution in [0.15, 0.2) is 0 Å². The minimum Gasteiger partial charge on any atom is -0.355 e. The predicted molar refractivity (Wildman–Crippen MR) is 66.2 cm³/mol. The minimum atomic E-state index is -0.154. The summed E-state index contributed by atoms with van der Waals surface area (Å²) in [6.07, 6.45) is 3.02. The third-order valence-electron chi connectivity index (χ3n) is 3.11. The van der Waals surface area contributed by atoms with Gasteiger partial charge in [0, 0.05) is 38.3 Å². The molecule has 1 aliphatic carbocycles. The number of carbonyl (C=O) groups excluding carboxylic acids is 2. The van der Waals surface area contributed by atoms with Gasteiger partial charge in [0.2, 0.25) is 5.91 Å². The third kappa shape index (κ3) is 2.52. The first kappa shape index (κ1) is 12.6. The normalized spacial score (nSPS) is 13.2. The fraction of sp³-hybridized carbons (Fsp3) is 0.583. The number of amides is 2. The van der Waals surface area contributed by atoms with E-state index in [-0.39, 0.29) is 11.8 Å². The Morgan fingerprint density at radius 2 is 2.00 bits per heavy atom. The van der Waals surface area contributed by atoms with Gasteiger partial charge in [-0.3, -0.25) is 14.3 Å². The highest BCUT2D eigenvalue weighted by Gasteiger charge is 2.24. The monoisotopic (exact) mass is 250 g/mol. The second-order valence-corrected chi connectivity index (χ2v) is 4.49. The van der Waals surface area contributed by atoms with E-state index in [2.05, 4.69) is 15.7 Å². The molecule has 6 nitrogen and oxygen atoms in total. The van der Waals surface area contributed by atoms with E-state index >= 15 is 0 Å². The van der Waals surface area contributed by atoms with Crippen LogP contribution in [0.5, 0.6) is 0 Å². The van der Waals surface area contributed by atoms with Crippen molar-refractivity contribution in [3.63, 3.8) is 0 Å². The molecule has 0 saturated carbocycles. The van der Waals surface area contributed by atoms with Crippen LogP contribution in [0.3, 0.4) is 0 Å². The number of hydrogen-bond donors (Lipinski definition) is 2. The van der Waals surface area contributed by atoms with Gasteiger partial charge >= 0.3 is 0 Å². The molecule has 0 aliphatic heterocycles. The summed E-state index contributed by atoms with van der Waals surface area (Å²) < 4.78 is 1.80. The van der Waals surface area contributed by atoms with E-state index in [9.17, 15) is 9.59 Å². The van der Waals surface area contributed by atoms with Gasteiger partial charge in [-0.25, -0.2) is 0 Å². The standard InChI is InChI=1S/C12H18N4O2/c1-8(17)13-6-7-14-12(18)11-9-4-3-5-10(9)16(2)15-11/h3-7H2,1-2H3,(H,13,17)(H,14,18). The first-order valence-electron chi connectivity index (χ1n) is 6.17. The molecule has 0 spiro atoms. The molecule has 18 heavy (non-hydrogen) atoms. The van der Waals surface area contributed by atoms with Gasteiger partial charge in [0.05, 0.1) is 0 Å². The molecular weight excluding hydrogens is 232 g/mol. The quantitative estimate of drug-likeness (QED) is 0.725. The molecule has 98 valence electrons. The SMILES string of the molecule is CC(=O)NCCNC(=O)c1nn(C)c2c1CCC2. The van der Waals surface area contributed by atoms with Crippen molar-refractivity contribution in [3.05, 3.63) is 17.0 Å². The molecule has 1 aromatic rings. The van der Waals surface area contributed by atoms with Crippen LogP contribution in [0.1, 0.15) is 35.1 Å². The predicted octanol–water partition coefficient (Wildman–Crippen LogP) is -0.225. The fourth-order valence-electron chi connectivity index (χ4n) is 2.29. The maximum absolute atomic E-state index is 12.0. The van der Waals surface area contributed by atoms with Crippen molar-refractivity contribution in [1.82, 2.24) is 20.4 Å². The van der Waals surface area contributed by atoms with Crippen molar-refractivity contribution in [2.24, 2.45) is 7.05 Å². The van der Waals surface area contributed by atoms with Crippen molar-refractivity contribution >= 4 is 11.8 Å². The number of carbonyl (C=O) groups is 2. The zero-order chi connectivity index (χ0) is 13.1. The van der Waals surface area contributed by atoms with Crippen LogP contribution in [0.2, 0.25) is 0 Å². The van der Waals surface area contributed by atoms with Gasteiger partial charge in [-0.05, 0) is 19.3 Å². The van der Waals surface area contributed by atoms with Gasteiger partial charge in [0.25, 0.3) is 5.91 Å². The molecule has 2 rings (SSSR count). The molecule has 2 amide bonds. The molecule has 0 bridgehead atoms. The Labute approximate surface area is 106 Å². The number of nitrogens with zero attached hydrogens (tertiary/aromatic N) is 2. The first-order chi connectivity index (χ1) is 8.59. The van der Waals surface area contributed by atoms with Crippen LogP contribution in [-0.4, -0.2) is 34.7 Å². The summed E-state index contributed by atoms with van der Waals surface area (Å²) in [5, 5.41) is 9.66. The second-order valence-electron chi connectivity index (χ2n) is 4.49. The van der Waals surface area contributed by atoms with E-state index in [1.807, 2.05) is 7.05 Å². The maximum Gasteiger partial charge on any atom is 0.272 e. The van der Waals surface area contributed by atoms with E-state index < -0.39 is 0 Å². The fourth-order valence-corrected chi connectivity index (χ4v) is 2.29. The Kier molecular flexibility index (Phi) is 3.64. The molecule has 1 heterocycles. The molecule has 0 saturated heterocycles. The topological polar surface area (TPSA) is 76.0 Å². The van der Waals surface area contributed by atoms with Gasteiger partial charge in [-0.1, -0.05) is 0 Å². The summed E-state index contributed by atoms with van der Waals surface area (Å²) in [4.78, 5) is 22.6. The van der Waals surface area contributed by atoms with Crippen LogP contribution < -0.4 is 10.6 Å². The lowest BCUT2D eigenvalue weighted by molar-refractivity contribution is -0.118. The molecule has 0 unspecified atom stereocenters. The molecule has 0 aromatic carbocycles. The van der Waals surface area contributed by atoms with E-state index in [0.29, 0.717) is 18.8 Å². The van der Waals surface area contributed by atoms with E-state index in [4.69, 9.17) is 0 Å². The molecule has 2 N–H and O–H groups in total. The summed E-state index contributed by atoms with van der Waals surface area (Å²) in [6.45, 7) is 2.31. The Hall–Kier alpha value is -1.85. The van der Waals surface area contributed by atoms with E-state index in [0.717, 1.165) is 24.8 Å². The van der Waals surface area contributed by atoms with Crippen LogP contribution in [0.4, 0.5) is 0 Å². The molecule has 6 heteroatoms. The molecule has 1 aliphatic rings. The first-order valence-corrected chi connectivity index (χ1v) is 6.17. The van der Waals surface area contributed by atoms with Gasteiger partial charge in [0.15, 0.2) is 5.69 Å². The van der Waals surface area contributed by atoms with Crippen molar-refractivity contribution < 1.29 is 9.59 Å². The van der Waals surface area contributed by atoms with E-state index in [1.165, 1.54) is 12.6 Å². The molecule has 0 radical (unpaired) electrons. The molecular formula is C12H18N4O2. The van der Waals surface area contributed by atoms with Crippen molar-refractivity contribution in [3.8, 4) is 0 Å². The van der Waals surface area contributed by atoms with Crippen LogP contribution in [0, 0.1) is 0 Å². The van der Waals surface area contributed by atoms with Gasteiger partial charge in [0.1, 0.15) is 0 Å². The lowest BCUT2D eigenvalue weighted by atomic mass is 10.2. The summed E-state index contributed by atoms with van der Waals surface area (Å²) in [6, 6.07) is 0. The van der Waals surface area contributed by atoms with Gasteiger partial charge < -0.3 is 10.6 Å². The molecule has 1 aromatic heterocycles. The second kappa shape index (κ2) is 5.20. The van der Waals surface area contributed by atoms with E-state index in [1.54, 1.807) is 4.68 Å². The summed E-state index contributed by atoms with van der Waals surface area (Å²) >= 11 is 0. The largest absolute Gasteiger partial charge is 0.355 e. The minimum absolute atomic E-state index is 0.0945. The number of nitrogens with one attached hydrogen (secondary N) is 2. The summed E-state index contributed by atoms with van der Waals surface area (Å²) in [7, 11) is 1.87. The number of hydrogen-bond acceptors (Lipinski definition) is 3. The average molecular weight is 250 g/mol. The van der Waals surface area contributed by atoms with Crippen molar-refractivity contribution in [1.29, 1.82) is 0 Å². The Balaban J connectivity index is 1.93. The van der Waals surface area contributed by atoms with Gasteiger partial charge in [-0.2, -0.15) is 5.10 Å². The summed E-state index contributed by atoms with van der Waals surface area (Å²) in [5.41, 5.74) is 2.78. The lowest BCUT2D eigenvalue weighted by Gasteiger charge is -2.04. The smallest absolute Gasteiger partial charge is 0.272 e. The van der Waals surface area contributed by atoms with Crippen molar-refractivity contribution in [2.75, 3.05) is 13.1 Å². The zero-order valence-electron chi connectivity index (χ0n) is 10.7. The third-order valence-corrected chi connectivity index (χ3v) is 3.11. The van der Waals surface area contributed by atoms with Gasteiger partial charge in [-0.15, -0.1) is 0 Å². The maximum atomic E-state index is 12.0. The number of aromatic nitrogens is 2. The highest BCUT2D eigenvalue weighted by molar-refractivity contribution is 5.94. The number of fused-ring (bicyclic) bond motifs is 1. The highest BCUT2D eigenvalue weighted by atomic mass is 16.2. The summed E-state index contributed by atoms with van der Waals surface area (Å²) in [5.74, 6) is -0.248. The van der Waals surface area contributed by atoms with Crippen LogP contribution in [-0.2, 0) is 24.7 Å². The lowest BCUT2D eigenvalue weighted by Crippen LogP contribution is -2.34. The Morgan fingerprint density at radius 3 is 2.72 bits per heavy atom. The number of rotatable bonds is 4. The zero-order valence-corrected chi connectivity index (χ0v) is 10.7. The number of aryl methyl sites for hydroxylation is 1. The highest BCUT2D eigenvalue weighted by Crippen LogP contribution is 2.24. The average Bonchev–Trinajstić information content (AvgIpc) is 2.88. The van der Waals surface area contributed by atoms with Crippen LogP contribution >= 0.6 is 0 Å². The van der Waals surface area contributed by atoms with Crippen molar-refractivity contribution in [2.45, 2.75) is 26.2 Å².